The molecule has 1 atom stereocenters. The summed E-state index contributed by atoms with van der Waals surface area (Å²) in [5.41, 5.74) is 2.03. The molecule has 1 aromatic heterocycles. The maximum absolute atomic E-state index is 6.36. The van der Waals surface area contributed by atoms with E-state index in [1.54, 1.807) is 0 Å². The second-order valence-electron chi connectivity index (χ2n) is 4.82. The van der Waals surface area contributed by atoms with Gasteiger partial charge in [0, 0.05) is 28.8 Å². The Morgan fingerprint density at radius 3 is 2.71 bits per heavy atom. The largest absolute Gasteiger partial charge is 0.310 e. The first-order valence-corrected chi connectivity index (χ1v) is 8.44. The summed E-state index contributed by atoms with van der Waals surface area (Å²) in [6, 6.07) is 9.87. The Bertz CT molecular complexity index is 587. The van der Waals surface area contributed by atoms with Crippen LogP contribution in [0.25, 0.3) is 0 Å². The van der Waals surface area contributed by atoms with Crippen LogP contribution < -0.4 is 5.32 Å². The van der Waals surface area contributed by atoms with Crippen molar-refractivity contribution in [1.29, 1.82) is 0 Å². The molecule has 0 fully saturated rings. The number of nitrogens with zero attached hydrogens (tertiary/aromatic N) is 1. The Morgan fingerprint density at radius 1 is 1.24 bits per heavy atom. The summed E-state index contributed by atoms with van der Waals surface area (Å²) in [5, 5.41) is 4.72. The number of aromatic nitrogens is 1. The third kappa shape index (κ3) is 4.68. The average Bonchev–Trinajstić information content (AvgIpc) is 2.48. The normalized spacial score (nSPS) is 12.4. The van der Waals surface area contributed by atoms with E-state index < -0.39 is 0 Å². The van der Waals surface area contributed by atoms with Gasteiger partial charge in [-0.2, -0.15) is 0 Å². The molecule has 112 valence electrons. The van der Waals surface area contributed by atoms with E-state index >= 15 is 0 Å². The molecule has 1 aromatic carbocycles. The second kappa shape index (κ2) is 8.14. The smallest absolute Gasteiger partial charge is 0.0640 e. The SMILES string of the molecule is CCCNC(Cc1ccc(Br)cn1)c1cccc(Cl)c1Cl. The lowest BCUT2D eigenvalue weighted by Crippen LogP contribution is -2.24. The maximum atomic E-state index is 6.36. The van der Waals surface area contributed by atoms with Crippen LogP contribution in [0, 0.1) is 0 Å². The maximum Gasteiger partial charge on any atom is 0.0640 e. The second-order valence-corrected chi connectivity index (χ2v) is 6.52. The van der Waals surface area contributed by atoms with Crippen molar-refractivity contribution >= 4 is 39.1 Å². The van der Waals surface area contributed by atoms with Crippen molar-refractivity contribution in [1.82, 2.24) is 10.3 Å². The minimum Gasteiger partial charge on any atom is -0.310 e. The number of halogens is 3. The van der Waals surface area contributed by atoms with Crippen LogP contribution >= 0.6 is 39.1 Å². The van der Waals surface area contributed by atoms with Crippen LogP contribution in [0.2, 0.25) is 10.0 Å². The number of pyridine rings is 1. The van der Waals surface area contributed by atoms with Gasteiger partial charge in [0.05, 0.1) is 10.0 Å². The van der Waals surface area contributed by atoms with E-state index in [4.69, 9.17) is 23.2 Å². The molecular formula is C16H17BrCl2N2. The molecule has 21 heavy (non-hydrogen) atoms. The fraction of sp³-hybridized carbons (Fsp3) is 0.312. The Kier molecular flexibility index (Phi) is 6.49. The van der Waals surface area contributed by atoms with Gasteiger partial charge in [-0.15, -0.1) is 0 Å². The lowest BCUT2D eigenvalue weighted by atomic mass is 10.0. The van der Waals surface area contributed by atoms with Gasteiger partial charge in [0.1, 0.15) is 0 Å². The van der Waals surface area contributed by atoms with Gasteiger partial charge in [0.2, 0.25) is 0 Å². The van der Waals surface area contributed by atoms with Gasteiger partial charge in [-0.3, -0.25) is 4.98 Å². The Balaban J connectivity index is 2.25. The Hall–Kier alpha value is -0.610. The summed E-state index contributed by atoms with van der Waals surface area (Å²) >= 11 is 15.9. The number of hydrogen-bond acceptors (Lipinski definition) is 2. The molecule has 0 saturated heterocycles. The summed E-state index contributed by atoms with van der Waals surface area (Å²) < 4.78 is 0.977. The predicted octanol–water partition coefficient (Wildman–Crippen LogP) is 5.43. The highest BCUT2D eigenvalue weighted by molar-refractivity contribution is 9.10. The zero-order chi connectivity index (χ0) is 15.2. The first-order valence-electron chi connectivity index (χ1n) is 6.89. The highest BCUT2D eigenvalue weighted by atomic mass is 79.9. The van der Waals surface area contributed by atoms with E-state index in [0.717, 1.165) is 35.1 Å². The van der Waals surface area contributed by atoms with Gasteiger partial charge in [-0.1, -0.05) is 42.3 Å². The molecule has 0 amide bonds. The van der Waals surface area contributed by atoms with Gasteiger partial charge in [0.25, 0.3) is 0 Å². The average molecular weight is 388 g/mol. The van der Waals surface area contributed by atoms with Crippen molar-refractivity contribution in [2.24, 2.45) is 0 Å². The van der Waals surface area contributed by atoms with Crippen molar-refractivity contribution < 1.29 is 0 Å². The van der Waals surface area contributed by atoms with E-state index in [2.05, 4.69) is 33.2 Å². The van der Waals surface area contributed by atoms with Crippen molar-refractivity contribution in [3.8, 4) is 0 Å². The summed E-state index contributed by atoms with van der Waals surface area (Å²) in [4.78, 5) is 4.44. The van der Waals surface area contributed by atoms with E-state index in [1.165, 1.54) is 0 Å². The van der Waals surface area contributed by atoms with Crippen LogP contribution in [0.3, 0.4) is 0 Å². The molecular weight excluding hydrogens is 371 g/mol. The molecule has 0 saturated carbocycles. The predicted molar refractivity (Wildman–Crippen MR) is 93.1 cm³/mol. The molecule has 0 aliphatic carbocycles. The number of nitrogens with one attached hydrogen (secondary N) is 1. The molecule has 5 heteroatoms. The minimum atomic E-state index is 0.102. The fourth-order valence-electron chi connectivity index (χ4n) is 2.14. The molecule has 2 rings (SSSR count). The molecule has 0 aliphatic heterocycles. The Labute approximate surface area is 144 Å². The fourth-order valence-corrected chi connectivity index (χ4v) is 2.81. The highest BCUT2D eigenvalue weighted by Crippen LogP contribution is 2.31. The first kappa shape index (κ1) is 16.8. The monoisotopic (exact) mass is 386 g/mol. The molecule has 1 heterocycles. The van der Waals surface area contributed by atoms with E-state index in [9.17, 15) is 0 Å². The topological polar surface area (TPSA) is 24.9 Å². The lowest BCUT2D eigenvalue weighted by Gasteiger charge is -2.20. The van der Waals surface area contributed by atoms with Crippen LogP contribution in [0.15, 0.2) is 41.0 Å². The van der Waals surface area contributed by atoms with E-state index in [0.29, 0.717) is 10.0 Å². The summed E-state index contributed by atoms with van der Waals surface area (Å²) in [6.07, 6.45) is 3.64. The summed E-state index contributed by atoms with van der Waals surface area (Å²) in [6.45, 7) is 3.06. The number of hydrogen-bond donors (Lipinski definition) is 1. The Morgan fingerprint density at radius 2 is 2.05 bits per heavy atom. The van der Waals surface area contributed by atoms with Crippen molar-refractivity contribution in [3.63, 3.8) is 0 Å². The minimum absolute atomic E-state index is 0.102. The van der Waals surface area contributed by atoms with Crippen LogP contribution in [0.5, 0.6) is 0 Å². The summed E-state index contributed by atoms with van der Waals surface area (Å²) in [5.74, 6) is 0. The molecule has 2 nitrogen and oxygen atoms in total. The molecule has 0 radical (unpaired) electrons. The quantitative estimate of drug-likeness (QED) is 0.714. The van der Waals surface area contributed by atoms with Gasteiger partial charge in [-0.05, 0) is 52.7 Å². The van der Waals surface area contributed by atoms with Crippen LogP contribution in [0.4, 0.5) is 0 Å². The number of rotatable bonds is 6. The molecule has 1 N–H and O–H groups in total. The zero-order valence-corrected chi connectivity index (χ0v) is 14.8. The van der Waals surface area contributed by atoms with Gasteiger partial charge < -0.3 is 5.32 Å². The van der Waals surface area contributed by atoms with Crippen LogP contribution in [0.1, 0.15) is 30.6 Å². The van der Waals surface area contributed by atoms with Crippen molar-refractivity contribution in [3.05, 3.63) is 62.3 Å². The van der Waals surface area contributed by atoms with E-state index in [-0.39, 0.29) is 6.04 Å². The van der Waals surface area contributed by atoms with Gasteiger partial charge in [-0.25, -0.2) is 0 Å². The third-order valence-electron chi connectivity index (χ3n) is 3.20. The lowest BCUT2D eigenvalue weighted by molar-refractivity contribution is 0.524. The highest BCUT2D eigenvalue weighted by Gasteiger charge is 2.17. The summed E-state index contributed by atoms with van der Waals surface area (Å²) in [7, 11) is 0. The standard InChI is InChI=1S/C16H17BrCl2N2/c1-2-8-20-15(9-12-7-6-11(17)10-21-12)13-4-3-5-14(18)16(13)19/h3-7,10,15,20H,2,8-9H2,1H3. The molecule has 0 aliphatic rings. The van der Waals surface area contributed by atoms with Crippen LogP contribution in [-0.2, 0) is 6.42 Å². The van der Waals surface area contributed by atoms with Crippen LogP contribution in [-0.4, -0.2) is 11.5 Å². The first-order chi connectivity index (χ1) is 10.1. The molecule has 0 spiro atoms. The third-order valence-corrected chi connectivity index (χ3v) is 4.50. The molecule has 2 aromatic rings. The molecule has 0 bridgehead atoms. The van der Waals surface area contributed by atoms with Crippen molar-refractivity contribution in [2.45, 2.75) is 25.8 Å². The van der Waals surface area contributed by atoms with Gasteiger partial charge >= 0.3 is 0 Å². The van der Waals surface area contributed by atoms with Gasteiger partial charge in [0.15, 0.2) is 0 Å². The zero-order valence-electron chi connectivity index (χ0n) is 11.7. The van der Waals surface area contributed by atoms with E-state index in [1.807, 2.05) is 36.5 Å². The van der Waals surface area contributed by atoms with Crippen molar-refractivity contribution in [2.75, 3.05) is 6.54 Å². The number of benzene rings is 1. The molecule has 1 unspecified atom stereocenters.